The highest BCUT2D eigenvalue weighted by molar-refractivity contribution is 5.86. The number of hydrogen-bond donors (Lipinski definition) is 0. The number of rotatable bonds is 6. The van der Waals surface area contributed by atoms with Crippen LogP contribution in [0.15, 0.2) is 24.3 Å². The molecule has 0 bridgehead atoms. The van der Waals surface area contributed by atoms with E-state index < -0.39 is 6.17 Å². The Morgan fingerprint density at radius 1 is 0.925 bits per heavy atom. The van der Waals surface area contributed by atoms with Crippen LogP contribution in [0.1, 0.15) is 37.8 Å². The predicted octanol–water partition coefficient (Wildman–Crippen LogP) is 3.11. The first-order chi connectivity index (χ1) is 19.6. The van der Waals surface area contributed by atoms with Gasteiger partial charge in [0.15, 0.2) is 17.0 Å². The van der Waals surface area contributed by atoms with E-state index in [0.717, 1.165) is 98.2 Å². The van der Waals surface area contributed by atoms with Gasteiger partial charge in [0.05, 0.1) is 30.8 Å². The molecular weight excluding hydrogens is 509 g/mol. The molecule has 212 valence electrons. The lowest BCUT2D eigenvalue weighted by Crippen LogP contribution is -2.44. The normalized spacial score (nSPS) is 21.8. The van der Waals surface area contributed by atoms with Gasteiger partial charge in [-0.2, -0.15) is 9.97 Å². The number of benzene rings is 1. The molecule has 3 aliphatic rings. The third-order valence-electron chi connectivity index (χ3n) is 8.84. The minimum absolute atomic E-state index is 0.497. The van der Waals surface area contributed by atoms with Crippen molar-refractivity contribution < 1.29 is 9.13 Å². The van der Waals surface area contributed by atoms with Crippen LogP contribution in [-0.2, 0) is 24.8 Å². The summed E-state index contributed by atoms with van der Waals surface area (Å²) in [4.78, 5) is 27.4. The highest BCUT2D eigenvalue weighted by atomic mass is 19.1. The van der Waals surface area contributed by atoms with Gasteiger partial charge in [0.25, 0.3) is 0 Å². The second-order valence-corrected chi connectivity index (χ2v) is 11.3. The van der Waals surface area contributed by atoms with Crippen LogP contribution in [0, 0.1) is 0 Å². The average molecular weight is 548 g/mol. The molecule has 0 saturated carbocycles. The van der Waals surface area contributed by atoms with Crippen LogP contribution in [0.2, 0.25) is 0 Å². The molecule has 6 heterocycles. The standard InChI is InChI=1S/C29H38FN9O/c1-3-24-31-22-6-4-5-7-23(22)39(24)29-33-27-26(28(34-29)37-14-16-40-17-15-37)32-25(35(27)2)19-36-11-9-21(10-12-36)38-13-8-20(30)18-38/h4-7,20-21H,3,8-19H2,1-2H3/t20-/m0/s1. The highest BCUT2D eigenvalue weighted by Crippen LogP contribution is 2.29. The van der Waals surface area contributed by atoms with Crippen molar-refractivity contribution in [1.82, 2.24) is 38.9 Å². The topological polar surface area (TPSA) is 80.4 Å². The van der Waals surface area contributed by atoms with E-state index in [1.165, 1.54) is 0 Å². The first kappa shape index (κ1) is 25.8. The van der Waals surface area contributed by atoms with Gasteiger partial charge < -0.3 is 14.2 Å². The van der Waals surface area contributed by atoms with Crippen molar-refractivity contribution in [2.75, 3.05) is 57.4 Å². The zero-order chi connectivity index (χ0) is 27.2. The summed E-state index contributed by atoms with van der Waals surface area (Å²) in [6.07, 6.45) is 2.96. The van der Waals surface area contributed by atoms with Gasteiger partial charge in [0.1, 0.15) is 17.8 Å². The van der Waals surface area contributed by atoms with Crippen molar-refractivity contribution in [3.8, 4) is 5.95 Å². The molecule has 0 spiro atoms. The van der Waals surface area contributed by atoms with E-state index in [2.05, 4.69) is 43.9 Å². The number of para-hydroxylation sites is 2. The third-order valence-corrected chi connectivity index (χ3v) is 8.84. The molecule has 0 aliphatic carbocycles. The maximum absolute atomic E-state index is 13.8. The van der Waals surface area contributed by atoms with Crippen molar-refractivity contribution in [3.05, 3.63) is 35.9 Å². The Morgan fingerprint density at radius 3 is 2.48 bits per heavy atom. The minimum atomic E-state index is -0.654. The van der Waals surface area contributed by atoms with Crippen molar-refractivity contribution >= 4 is 28.0 Å². The molecule has 40 heavy (non-hydrogen) atoms. The number of nitrogens with zero attached hydrogens (tertiary/aromatic N) is 9. The summed E-state index contributed by atoms with van der Waals surface area (Å²) in [6.45, 7) is 9.25. The number of imidazole rings is 2. The second-order valence-electron chi connectivity index (χ2n) is 11.3. The summed E-state index contributed by atoms with van der Waals surface area (Å²) in [5.74, 6) is 3.42. The molecule has 1 atom stereocenters. The number of piperidine rings is 1. The fourth-order valence-corrected chi connectivity index (χ4v) is 6.57. The monoisotopic (exact) mass is 547 g/mol. The number of ether oxygens (including phenoxy) is 1. The number of likely N-dealkylation sites (tertiary alicyclic amines) is 2. The molecule has 0 amide bonds. The summed E-state index contributed by atoms with van der Waals surface area (Å²) in [5.41, 5.74) is 3.63. The van der Waals surface area contributed by atoms with E-state index in [4.69, 9.17) is 24.7 Å². The van der Waals surface area contributed by atoms with Crippen LogP contribution in [0.25, 0.3) is 28.1 Å². The number of morpholine rings is 1. The fourth-order valence-electron chi connectivity index (χ4n) is 6.57. The maximum atomic E-state index is 13.8. The SMILES string of the molecule is CCc1nc2ccccc2n1-c1nc(N2CCOCC2)c2nc(CN3CCC(N4CC[C@H](F)C4)CC3)n(C)c2n1. The number of aryl methyl sites for hydroxylation is 2. The molecule has 7 rings (SSSR count). The second kappa shape index (κ2) is 10.7. The molecule has 3 aliphatic heterocycles. The maximum Gasteiger partial charge on any atom is 0.239 e. The van der Waals surface area contributed by atoms with Crippen molar-refractivity contribution in [3.63, 3.8) is 0 Å². The number of alkyl halides is 1. The van der Waals surface area contributed by atoms with E-state index in [1.54, 1.807) is 0 Å². The highest BCUT2D eigenvalue weighted by Gasteiger charge is 2.31. The van der Waals surface area contributed by atoms with Gasteiger partial charge in [-0.15, -0.1) is 0 Å². The van der Waals surface area contributed by atoms with E-state index in [9.17, 15) is 4.39 Å². The Morgan fingerprint density at radius 2 is 1.73 bits per heavy atom. The number of aromatic nitrogens is 6. The molecule has 3 fully saturated rings. The van der Waals surface area contributed by atoms with E-state index >= 15 is 0 Å². The van der Waals surface area contributed by atoms with Gasteiger partial charge in [-0.05, 0) is 31.4 Å². The van der Waals surface area contributed by atoms with Gasteiger partial charge in [-0.25, -0.2) is 14.4 Å². The molecule has 0 radical (unpaired) electrons. The van der Waals surface area contributed by atoms with Crippen LogP contribution in [-0.4, -0.2) is 104 Å². The average Bonchev–Trinajstić information content (AvgIpc) is 3.68. The molecule has 0 unspecified atom stereocenters. The Kier molecular flexibility index (Phi) is 6.89. The molecule has 0 N–H and O–H groups in total. The fraction of sp³-hybridized carbons (Fsp3) is 0.586. The van der Waals surface area contributed by atoms with Crippen LogP contribution in [0.4, 0.5) is 10.2 Å². The third kappa shape index (κ3) is 4.63. The zero-order valence-corrected chi connectivity index (χ0v) is 23.5. The van der Waals surface area contributed by atoms with Gasteiger partial charge >= 0.3 is 0 Å². The number of hydrogen-bond acceptors (Lipinski definition) is 8. The molecule has 3 aromatic heterocycles. The van der Waals surface area contributed by atoms with E-state index in [-0.39, 0.29) is 0 Å². The molecule has 1 aromatic carbocycles. The van der Waals surface area contributed by atoms with E-state index in [1.807, 2.05) is 18.2 Å². The Bertz CT molecular complexity index is 1500. The molecule has 4 aromatic rings. The quantitative estimate of drug-likeness (QED) is 0.364. The molecule has 11 heteroatoms. The van der Waals surface area contributed by atoms with Crippen LogP contribution in [0.3, 0.4) is 0 Å². The summed E-state index contributed by atoms with van der Waals surface area (Å²) >= 11 is 0. The first-order valence-corrected chi connectivity index (χ1v) is 14.7. The van der Waals surface area contributed by atoms with E-state index in [0.29, 0.717) is 38.2 Å². The smallest absolute Gasteiger partial charge is 0.239 e. The Balaban J connectivity index is 1.23. The summed E-state index contributed by atoms with van der Waals surface area (Å²) < 4.78 is 23.6. The van der Waals surface area contributed by atoms with Crippen molar-refractivity contribution in [2.45, 2.75) is 51.4 Å². The lowest BCUT2D eigenvalue weighted by molar-refractivity contribution is 0.115. The summed E-state index contributed by atoms with van der Waals surface area (Å²) in [7, 11) is 2.07. The van der Waals surface area contributed by atoms with Crippen LogP contribution >= 0.6 is 0 Å². The number of fused-ring (bicyclic) bond motifs is 2. The van der Waals surface area contributed by atoms with Gasteiger partial charge in [0.2, 0.25) is 5.95 Å². The van der Waals surface area contributed by atoms with Crippen LogP contribution < -0.4 is 4.90 Å². The lowest BCUT2D eigenvalue weighted by Gasteiger charge is -2.36. The molecule has 10 nitrogen and oxygen atoms in total. The predicted molar refractivity (Wildman–Crippen MR) is 153 cm³/mol. The number of anilines is 1. The zero-order valence-electron chi connectivity index (χ0n) is 23.5. The van der Waals surface area contributed by atoms with Crippen LogP contribution in [0.5, 0.6) is 0 Å². The van der Waals surface area contributed by atoms with Crippen molar-refractivity contribution in [2.24, 2.45) is 7.05 Å². The van der Waals surface area contributed by atoms with Gasteiger partial charge in [0, 0.05) is 58.8 Å². The minimum Gasteiger partial charge on any atom is -0.378 e. The van der Waals surface area contributed by atoms with Crippen molar-refractivity contribution in [1.29, 1.82) is 0 Å². The Labute approximate surface area is 233 Å². The Hall–Kier alpha value is -3.15. The lowest BCUT2D eigenvalue weighted by atomic mass is 10.0. The first-order valence-electron chi connectivity index (χ1n) is 14.7. The van der Waals surface area contributed by atoms with Gasteiger partial charge in [-0.1, -0.05) is 19.1 Å². The summed E-state index contributed by atoms with van der Waals surface area (Å²) in [5, 5.41) is 0. The summed E-state index contributed by atoms with van der Waals surface area (Å²) in [6, 6.07) is 8.67. The largest absolute Gasteiger partial charge is 0.378 e. The van der Waals surface area contributed by atoms with Gasteiger partial charge in [-0.3, -0.25) is 14.4 Å². The molecular formula is C29H38FN9O. The molecule has 3 saturated heterocycles. The number of halogens is 1.